The van der Waals surface area contributed by atoms with E-state index in [1.54, 1.807) is 23.6 Å². The van der Waals surface area contributed by atoms with E-state index in [-0.39, 0.29) is 18.0 Å². The number of thiazole rings is 1. The number of anilines is 2. The monoisotopic (exact) mass is 265 g/mol. The van der Waals surface area contributed by atoms with Crippen LogP contribution in [0, 0.1) is 5.82 Å². The molecule has 0 saturated carbocycles. The third kappa shape index (κ3) is 2.65. The molecule has 18 heavy (non-hydrogen) atoms. The molecule has 6 heteroatoms. The van der Waals surface area contributed by atoms with E-state index in [1.807, 2.05) is 0 Å². The first-order valence-electron chi connectivity index (χ1n) is 5.29. The van der Waals surface area contributed by atoms with E-state index in [0.29, 0.717) is 10.8 Å². The molecule has 1 aromatic carbocycles. The van der Waals surface area contributed by atoms with E-state index in [0.717, 1.165) is 0 Å². The molecular weight excluding hydrogens is 253 g/mol. The Morgan fingerprint density at radius 2 is 2.22 bits per heavy atom. The highest BCUT2D eigenvalue weighted by Gasteiger charge is 2.15. The molecule has 4 nitrogen and oxygen atoms in total. The zero-order valence-corrected chi connectivity index (χ0v) is 10.6. The Morgan fingerprint density at radius 3 is 2.83 bits per heavy atom. The minimum absolute atomic E-state index is 0.110. The molecule has 2 aromatic rings. The lowest BCUT2D eigenvalue weighted by Gasteiger charge is -2.17. The predicted octanol–water partition coefficient (Wildman–Crippen LogP) is 2.07. The summed E-state index contributed by atoms with van der Waals surface area (Å²) in [6, 6.07) is 6.14. The van der Waals surface area contributed by atoms with Gasteiger partial charge in [-0.1, -0.05) is 12.1 Å². The SMILES string of the molecule is CN(C(=O)Cc1csc(N)n1)c1ccccc1F. The predicted molar refractivity (Wildman–Crippen MR) is 70.0 cm³/mol. The quantitative estimate of drug-likeness (QED) is 0.924. The summed E-state index contributed by atoms with van der Waals surface area (Å²) in [6.45, 7) is 0. The standard InChI is InChI=1S/C12H12FN3OS/c1-16(10-5-3-2-4-9(10)13)11(17)6-8-7-18-12(14)15-8/h2-5,7H,6H2,1H3,(H2,14,15). The van der Waals surface area contributed by atoms with Crippen molar-refractivity contribution in [3.05, 3.63) is 41.2 Å². The number of nitrogens with two attached hydrogens (primary N) is 1. The van der Waals surface area contributed by atoms with Gasteiger partial charge in [0.1, 0.15) is 5.82 Å². The summed E-state index contributed by atoms with van der Waals surface area (Å²) >= 11 is 1.28. The van der Waals surface area contributed by atoms with E-state index in [1.165, 1.54) is 29.4 Å². The van der Waals surface area contributed by atoms with Gasteiger partial charge in [0.05, 0.1) is 17.8 Å². The van der Waals surface area contributed by atoms with Crippen LogP contribution in [0.2, 0.25) is 0 Å². The maximum absolute atomic E-state index is 13.5. The Bertz CT molecular complexity index is 570. The van der Waals surface area contributed by atoms with Crippen LogP contribution in [-0.4, -0.2) is 17.9 Å². The molecular formula is C12H12FN3OS. The third-order valence-corrected chi connectivity index (χ3v) is 3.21. The molecule has 0 aliphatic carbocycles. The molecule has 1 amide bonds. The van der Waals surface area contributed by atoms with Crippen molar-refractivity contribution in [3.63, 3.8) is 0 Å². The highest BCUT2D eigenvalue weighted by atomic mass is 32.1. The fourth-order valence-corrected chi connectivity index (χ4v) is 2.10. The van der Waals surface area contributed by atoms with E-state index in [2.05, 4.69) is 4.98 Å². The van der Waals surface area contributed by atoms with E-state index in [9.17, 15) is 9.18 Å². The van der Waals surface area contributed by atoms with Gasteiger partial charge < -0.3 is 10.6 Å². The summed E-state index contributed by atoms with van der Waals surface area (Å²) in [7, 11) is 1.54. The van der Waals surface area contributed by atoms with Crippen molar-refractivity contribution in [2.75, 3.05) is 17.7 Å². The Hall–Kier alpha value is -1.95. The lowest BCUT2D eigenvalue weighted by molar-refractivity contribution is -0.117. The molecule has 0 spiro atoms. The van der Waals surface area contributed by atoms with Gasteiger partial charge in [0, 0.05) is 12.4 Å². The average molecular weight is 265 g/mol. The molecule has 1 heterocycles. The summed E-state index contributed by atoms with van der Waals surface area (Å²) < 4.78 is 13.5. The molecule has 2 N–H and O–H groups in total. The number of para-hydroxylation sites is 1. The zero-order chi connectivity index (χ0) is 13.1. The molecule has 0 fully saturated rings. The topological polar surface area (TPSA) is 59.2 Å². The summed E-state index contributed by atoms with van der Waals surface area (Å²) in [5.74, 6) is -0.656. The van der Waals surface area contributed by atoms with Crippen molar-refractivity contribution in [2.24, 2.45) is 0 Å². The molecule has 0 unspecified atom stereocenters. The molecule has 1 aromatic heterocycles. The fourth-order valence-electron chi connectivity index (χ4n) is 1.54. The van der Waals surface area contributed by atoms with Crippen molar-refractivity contribution in [2.45, 2.75) is 6.42 Å². The van der Waals surface area contributed by atoms with Crippen molar-refractivity contribution < 1.29 is 9.18 Å². The number of aromatic nitrogens is 1. The Kier molecular flexibility index (Phi) is 3.57. The second kappa shape index (κ2) is 5.14. The summed E-state index contributed by atoms with van der Waals surface area (Å²) in [5.41, 5.74) is 6.35. The van der Waals surface area contributed by atoms with E-state index < -0.39 is 5.82 Å². The maximum Gasteiger partial charge on any atom is 0.232 e. The second-order valence-electron chi connectivity index (χ2n) is 3.76. The van der Waals surface area contributed by atoms with Gasteiger partial charge in [-0.25, -0.2) is 9.37 Å². The first-order chi connectivity index (χ1) is 8.58. The van der Waals surface area contributed by atoms with Crippen molar-refractivity contribution >= 4 is 28.1 Å². The Morgan fingerprint density at radius 1 is 1.50 bits per heavy atom. The summed E-state index contributed by atoms with van der Waals surface area (Å²) in [5, 5.41) is 2.15. The van der Waals surface area contributed by atoms with Crippen LogP contribution in [0.3, 0.4) is 0 Å². The number of benzene rings is 1. The van der Waals surface area contributed by atoms with Gasteiger partial charge in [-0.3, -0.25) is 4.79 Å². The highest BCUT2D eigenvalue weighted by molar-refractivity contribution is 7.13. The molecule has 0 atom stereocenters. The van der Waals surface area contributed by atoms with Crippen LogP contribution in [0.1, 0.15) is 5.69 Å². The summed E-state index contributed by atoms with van der Waals surface area (Å²) in [6.07, 6.45) is 0.110. The number of hydrogen-bond donors (Lipinski definition) is 1. The first-order valence-corrected chi connectivity index (χ1v) is 6.17. The highest BCUT2D eigenvalue weighted by Crippen LogP contribution is 2.19. The number of nitrogen functional groups attached to an aromatic ring is 1. The van der Waals surface area contributed by atoms with Gasteiger partial charge in [-0.05, 0) is 12.1 Å². The minimum Gasteiger partial charge on any atom is -0.375 e. The fraction of sp³-hybridized carbons (Fsp3) is 0.167. The molecule has 0 saturated heterocycles. The number of nitrogens with zero attached hydrogens (tertiary/aromatic N) is 2. The van der Waals surface area contributed by atoms with Crippen LogP contribution in [0.4, 0.5) is 15.2 Å². The van der Waals surface area contributed by atoms with Gasteiger partial charge in [0.25, 0.3) is 0 Å². The van der Waals surface area contributed by atoms with Gasteiger partial charge in [0.2, 0.25) is 5.91 Å². The van der Waals surface area contributed by atoms with Crippen LogP contribution in [-0.2, 0) is 11.2 Å². The Labute approximate surface area is 108 Å². The molecule has 0 aliphatic rings. The first kappa shape index (κ1) is 12.5. The number of halogens is 1. The van der Waals surface area contributed by atoms with Gasteiger partial charge in [0.15, 0.2) is 5.13 Å². The maximum atomic E-state index is 13.5. The molecule has 0 radical (unpaired) electrons. The van der Waals surface area contributed by atoms with E-state index >= 15 is 0 Å². The van der Waals surface area contributed by atoms with Crippen molar-refractivity contribution in [1.29, 1.82) is 0 Å². The smallest absolute Gasteiger partial charge is 0.232 e. The molecule has 94 valence electrons. The van der Waals surface area contributed by atoms with E-state index in [4.69, 9.17) is 5.73 Å². The lowest BCUT2D eigenvalue weighted by atomic mass is 10.2. The summed E-state index contributed by atoms with van der Waals surface area (Å²) in [4.78, 5) is 17.2. The normalized spacial score (nSPS) is 10.3. The molecule has 2 rings (SSSR count). The number of likely N-dealkylation sites (N-methyl/N-ethyl adjacent to an activating group) is 1. The van der Waals surface area contributed by atoms with Crippen LogP contribution in [0.25, 0.3) is 0 Å². The van der Waals surface area contributed by atoms with Crippen molar-refractivity contribution in [3.8, 4) is 0 Å². The number of carbonyl (C=O) groups is 1. The molecule has 0 aliphatic heterocycles. The third-order valence-electron chi connectivity index (χ3n) is 2.49. The average Bonchev–Trinajstić information content (AvgIpc) is 2.74. The van der Waals surface area contributed by atoms with Crippen LogP contribution in [0.15, 0.2) is 29.6 Å². The largest absolute Gasteiger partial charge is 0.375 e. The van der Waals surface area contributed by atoms with Gasteiger partial charge >= 0.3 is 0 Å². The number of amides is 1. The number of rotatable bonds is 3. The molecule has 0 bridgehead atoms. The number of hydrogen-bond acceptors (Lipinski definition) is 4. The van der Waals surface area contributed by atoms with Gasteiger partial charge in [-0.15, -0.1) is 11.3 Å². The van der Waals surface area contributed by atoms with Crippen LogP contribution in [0.5, 0.6) is 0 Å². The lowest BCUT2D eigenvalue weighted by Crippen LogP contribution is -2.28. The van der Waals surface area contributed by atoms with Crippen molar-refractivity contribution in [1.82, 2.24) is 4.98 Å². The second-order valence-corrected chi connectivity index (χ2v) is 4.65. The van der Waals surface area contributed by atoms with Crippen LogP contribution >= 0.6 is 11.3 Å². The Balaban J connectivity index is 2.12. The zero-order valence-electron chi connectivity index (χ0n) is 9.76. The number of carbonyl (C=O) groups excluding carboxylic acids is 1. The van der Waals surface area contributed by atoms with Crippen LogP contribution < -0.4 is 10.6 Å². The minimum atomic E-state index is -0.425. The van der Waals surface area contributed by atoms with Gasteiger partial charge in [-0.2, -0.15) is 0 Å².